The molecule has 19 heavy (non-hydrogen) atoms. The smallest absolute Gasteiger partial charge is 0.411 e. The van der Waals surface area contributed by atoms with Crippen LogP contribution >= 0.6 is 0 Å². The highest BCUT2D eigenvalue weighted by molar-refractivity contribution is 5.85. The Labute approximate surface area is 112 Å². The minimum Gasteiger partial charge on any atom is -0.449 e. The van der Waals surface area contributed by atoms with Crippen LogP contribution in [0.4, 0.5) is 16.2 Å². The lowest BCUT2D eigenvalue weighted by atomic mass is 10.2. The van der Waals surface area contributed by atoms with E-state index < -0.39 is 6.09 Å². The van der Waals surface area contributed by atoms with Crippen LogP contribution in [0.25, 0.3) is 0 Å². The summed E-state index contributed by atoms with van der Waals surface area (Å²) in [6.07, 6.45) is 0.229. The molecule has 0 aliphatic carbocycles. The average molecular weight is 256 g/mol. The molecule has 0 aromatic heterocycles. The molecule has 4 heteroatoms. The van der Waals surface area contributed by atoms with Crippen molar-refractivity contribution in [3.63, 3.8) is 0 Å². The Morgan fingerprint density at radius 1 is 1.11 bits per heavy atom. The predicted molar refractivity (Wildman–Crippen MR) is 76.0 cm³/mol. The number of hydrogen-bond donors (Lipinski definition) is 2. The third-order valence-electron chi connectivity index (χ3n) is 2.60. The van der Waals surface area contributed by atoms with Crippen molar-refractivity contribution in [2.75, 3.05) is 17.7 Å². The molecule has 2 aromatic carbocycles. The molecule has 1 amide bonds. The molecule has 2 rings (SSSR count). The summed E-state index contributed by atoms with van der Waals surface area (Å²) in [5.74, 6) is 0. The normalized spacial score (nSPS) is 9.89. The minimum absolute atomic E-state index is 0.345. The molecule has 98 valence electrons. The topological polar surface area (TPSA) is 64.3 Å². The molecule has 0 saturated carbocycles. The Balaban J connectivity index is 1.76. The third kappa shape index (κ3) is 4.35. The lowest BCUT2D eigenvalue weighted by Crippen LogP contribution is -2.15. The van der Waals surface area contributed by atoms with E-state index in [1.807, 2.05) is 30.3 Å². The summed E-state index contributed by atoms with van der Waals surface area (Å²) < 4.78 is 5.10. The number of carbonyl (C=O) groups is 1. The van der Waals surface area contributed by atoms with E-state index in [1.54, 1.807) is 24.3 Å². The molecule has 0 bridgehead atoms. The number of anilines is 2. The number of ether oxygens (including phenoxy) is 1. The highest BCUT2D eigenvalue weighted by Gasteiger charge is 2.03. The number of amides is 1. The van der Waals surface area contributed by atoms with Crippen molar-refractivity contribution in [1.82, 2.24) is 0 Å². The summed E-state index contributed by atoms with van der Waals surface area (Å²) in [5, 5.41) is 2.63. The lowest BCUT2D eigenvalue weighted by molar-refractivity contribution is 0.163. The van der Waals surface area contributed by atoms with Crippen LogP contribution in [-0.4, -0.2) is 12.7 Å². The number of nitrogens with two attached hydrogens (primary N) is 1. The fourth-order valence-electron chi connectivity index (χ4n) is 1.68. The van der Waals surface area contributed by atoms with Crippen LogP contribution < -0.4 is 11.1 Å². The maximum atomic E-state index is 11.5. The number of benzene rings is 2. The Hall–Kier alpha value is -2.49. The van der Waals surface area contributed by atoms with Crippen LogP contribution in [0.3, 0.4) is 0 Å². The molecule has 0 atom stereocenters. The van der Waals surface area contributed by atoms with Gasteiger partial charge in [-0.05, 0) is 23.8 Å². The second-order valence-corrected chi connectivity index (χ2v) is 4.12. The van der Waals surface area contributed by atoms with Gasteiger partial charge in [-0.1, -0.05) is 36.4 Å². The van der Waals surface area contributed by atoms with Crippen molar-refractivity contribution < 1.29 is 9.53 Å². The van der Waals surface area contributed by atoms with Crippen LogP contribution in [0.1, 0.15) is 5.56 Å². The number of hydrogen-bond acceptors (Lipinski definition) is 3. The Bertz CT molecular complexity index is 541. The molecule has 0 saturated heterocycles. The van der Waals surface area contributed by atoms with E-state index in [4.69, 9.17) is 10.5 Å². The Morgan fingerprint density at radius 2 is 1.89 bits per heavy atom. The fourth-order valence-corrected chi connectivity index (χ4v) is 1.68. The standard InChI is InChI=1S/C15H16N2O2/c16-13-7-4-8-14(11-13)17-15(18)19-10-9-12-5-2-1-3-6-12/h1-8,11H,9-10,16H2,(H,17,18). The summed E-state index contributed by atoms with van der Waals surface area (Å²) in [7, 11) is 0. The van der Waals surface area contributed by atoms with E-state index >= 15 is 0 Å². The van der Waals surface area contributed by atoms with Crippen LogP contribution in [0.2, 0.25) is 0 Å². The Morgan fingerprint density at radius 3 is 2.63 bits per heavy atom. The van der Waals surface area contributed by atoms with Crippen LogP contribution in [-0.2, 0) is 11.2 Å². The molecule has 0 fully saturated rings. The zero-order chi connectivity index (χ0) is 13.5. The van der Waals surface area contributed by atoms with Gasteiger partial charge in [0.25, 0.3) is 0 Å². The van der Waals surface area contributed by atoms with Crippen LogP contribution in [0.5, 0.6) is 0 Å². The van der Waals surface area contributed by atoms with Crippen molar-refractivity contribution in [1.29, 1.82) is 0 Å². The molecule has 0 heterocycles. The van der Waals surface area contributed by atoms with E-state index in [9.17, 15) is 4.79 Å². The SMILES string of the molecule is Nc1cccc(NC(=O)OCCc2ccccc2)c1. The Kier molecular flexibility index (Phi) is 4.39. The van der Waals surface area contributed by atoms with Gasteiger partial charge in [0.15, 0.2) is 0 Å². The van der Waals surface area contributed by atoms with Crippen LogP contribution in [0, 0.1) is 0 Å². The molecule has 4 nitrogen and oxygen atoms in total. The minimum atomic E-state index is -0.471. The second kappa shape index (κ2) is 6.44. The zero-order valence-electron chi connectivity index (χ0n) is 10.5. The highest BCUT2D eigenvalue weighted by Crippen LogP contribution is 2.11. The summed E-state index contributed by atoms with van der Waals surface area (Å²) >= 11 is 0. The first-order chi connectivity index (χ1) is 9.24. The zero-order valence-corrected chi connectivity index (χ0v) is 10.5. The monoisotopic (exact) mass is 256 g/mol. The molecule has 0 radical (unpaired) electrons. The maximum Gasteiger partial charge on any atom is 0.411 e. The van der Waals surface area contributed by atoms with Gasteiger partial charge in [0, 0.05) is 17.8 Å². The first kappa shape index (κ1) is 13.0. The van der Waals surface area contributed by atoms with Crippen molar-refractivity contribution in [3.8, 4) is 0 Å². The van der Waals surface area contributed by atoms with Crippen molar-refractivity contribution in [2.24, 2.45) is 0 Å². The number of rotatable bonds is 4. The molecular formula is C15H16N2O2. The van der Waals surface area contributed by atoms with Crippen LogP contribution in [0.15, 0.2) is 54.6 Å². The number of carbonyl (C=O) groups excluding carboxylic acids is 1. The van der Waals surface area contributed by atoms with E-state index in [1.165, 1.54) is 0 Å². The number of nitrogens with one attached hydrogen (secondary N) is 1. The maximum absolute atomic E-state index is 11.5. The van der Waals surface area contributed by atoms with Gasteiger partial charge in [-0.2, -0.15) is 0 Å². The quantitative estimate of drug-likeness (QED) is 0.826. The van der Waals surface area contributed by atoms with Crippen molar-refractivity contribution in [3.05, 3.63) is 60.2 Å². The lowest BCUT2D eigenvalue weighted by Gasteiger charge is -2.07. The van der Waals surface area contributed by atoms with Crippen molar-refractivity contribution in [2.45, 2.75) is 6.42 Å². The van der Waals surface area contributed by atoms with E-state index in [0.29, 0.717) is 24.4 Å². The first-order valence-electron chi connectivity index (χ1n) is 6.07. The molecule has 3 N–H and O–H groups in total. The molecular weight excluding hydrogens is 240 g/mol. The van der Waals surface area contributed by atoms with Gasteiger partial charge in [-0.15, -0.1) is 0 Å². The van der Waals surface area contributed by atoms with Gasteiger partial charge in [0.2, 0.25) is 0 Å². The van der Waals surface area contributed by atoms with E-state index in [0.717, 1.165) is 5.56 Å². The largest absolute Gasteiger partial charge is 0.449 e. The van der Waals surface area contributed by atoms with E-state index in [-0.39, 0.29) is 0 Å². The van der Waals surface area contributed by atoms with Gasteiger partial charge in [-0.25, -0.2) is 4.79 Å². The van der Waals surface area contributed by atoms with Gasteiger partial charge in [0.05, 0.1) is 6.61 Å². The predicted octanol–water partition coefficient (Wildman–Crippen LogP) is 3.06. The fraction of sp³-hybridized carbons (Fsp3) is 0.133. The summed E-state index contributed by atoms with van der Waals surface area (Å²) in [6, 6.07) is 16.8. The van der Waals surface area contributed by atoms with Gasteiger partial charge in [-0.3, -0.25) is 5.32 Å². The molecule has 0 aliphatic rings. The summed E-state index contributed by atoms with van der Waals surface area (Å²) in [6.45, 7) is 0.345. The number of nitrogen functional groups attached to an aromatic ring is 1. The molecule has 0 aliphatic heterocycles. The third-order valence-corrected chi connectivity index (χ3v) is 2.60. The molecule has 0 spiro atoms. The summed E-state index contributed by atoms with van der Waals surface area (Å²) in [5.41, 5.74) is 7.99. The van der Waals surface area contributed by atoms with E-state index in [2.05, 4.69) is 5.32 Å². The van der Waals surface area contributed by atoms with Gasteiger partial charge in [0.1, 0.15) is 0 Å². The molecule has 2 aromatic rings. The highest BCUT2D eigenvalue weighted by atomic mass is 16.5. The molecule has 0 unspecified atom stereocenters. The van der Waals surface area contributed by atoms with Gasteiger partial charge >= 0.3 is 6.09 Å². The first-order valence-corrected chi connectivity index (χ1v) is 6.07. The van der Waals surface area contributed by atoms with Gasteiger partial charge < -0.3 is 10.5 Å². The average Bonchev–Trinajstić information content (AvgIpc) is 2.40. The second-order valence-electron chi connectivity index (χ2n) is 4.12. The van der Waals surface area contributed by atoms with Crippen molar-refractivity contribution >= 4 is 17.5 Å². The summed E-state index contributed by atoms with van der Waals surface area (Å²) in [4.78, 5) is 11.5.